The number of aryl methyl sites for hydroxylation is 1. The normalized spacial score (nSPS) is 10.5. The summed E-state index contributed by atoms with van der Waals surface area (Å²) in [5.41, 5.74) is -0.547. The SMILES string of the molecule is CCOC(=O)c1c(SCC(=O)Nc2ccc(F)cc2F)nc(=O)[nH]c1C. The van der Waals surface area contributed by atoms with Gasteiger partial charge in [-0.25, -0.2) is 18.4 Å². The maximum absolute atomic E-state index is 13.6. The number of rotatable bonds is 6. The van der Waals surface area contributed by atoms with Crippen molar-refractivity contribution in [1.29, 1.82) is 0 Å². The van der Waals surface area contributed by atoms with Crippen molar-refractivity contribution in [3.63, 3.8) is 0 Å². The zero-order chi connectivity index (χ0) is 19.3. The number of thioether (sulfide) groups is 1. The molecule has 7 nitrogen and oxygen atoms in total. The number of hydrogen-bond acceptors (Lipinski definition) is 6. The molecule has 2 N–H and O–H groups in total. The van der Waals surface area contributed by atoms with Crippen molar-refractivity contribution in [3.8, 4) is 0 Å². The van der Waals surface area contributed by atoms with Gasteiger partial charge in [0.2, 0.25) is 5.91 Å². The van der Waals surface area contributed by atoms with E-state index in [-0.39, 0.29) is 34.3 Å². The number of halogens is 2. The van der Waals surface area contributed by atoms with Crippen LogP contribution in [0.25, 0.3) is 0 Å². The van der Waals surface area contributed by atoms with E-state index in [1.54, 1.807) is 6.92 Å². The number of esters is 1. The summed E-state index contributed by atoms with van der Waals surface area (Å²) in [6, 6.07) is 2.74. The largest absolute Gasteiger partial charge is 0.462 e. The van der Waals surface area contributed by atoms with E-state index in [1.165, 1.54) is 6.92 Å². The standard InChI is InChI=1S/C16H15F2N3O4S/c1-3-25-15(23)13-8(2)19-16(24)21-14(13)26-7-12(22)20-11-5-4-9(17)6-10(11)18/h4-6H,3,7H2,1-2H3,(H,20,22)(H,19,21,24). The third-order valence-electron chi connectivity index (χ3n) is 3.11. The number of carbonyl (C=O) groups is 2. The Balaban J connectivity index is 2.14. The highest BCUT2D eigenvalue weighted by atomic mass is 32.2. The van der Waals surface area contributed by atoms with Gasteiger partial charge in [-0.05, 0) is 26.0 Å². The van der Waals surface area contributed by atoms with E-state index in [1.807, 2.05) is 0 Å². The number of aromatic nitrogens is 2. The summed E-state index contributed by atoms with van der Waals surface area (Å²) < 4.78 is 31.3. The van der Waals surface area contributed by atoms with Crippen molar-refractivity contribution in [2.24, 2.45) is 0 Å². The number of hydrogen-bond donors (Lipinski definition) is 2. The number of carbonyl (C=O) groups excluding carboxylic acids is 2. The maximum Gasteiger partial charge on any atom is 0.346 e. The van der Waals surface area contributed by atoms with E-state index < -0.39 is 29.2 Å². The third-order valence-corrected chi connectivity index (χ3v) is 4.09. The van der Waals surface area contributed by atoms with E-state index >= 15 is 0 Å². The fraction of sp³-hybridized carbons (Fsp3) is 0.250. The molecule has 0 fully saturated rings. The van der Waals surface area contributed by atoms with Crippen LogP contribution in [0.1, 0.15) is 23.0 Å². The summed E-state index contributed by atoms with van der Waals surface area (Å²) in [6.07, 6.45) is 0. The van der Waals surface area contributed by atoms with Gasteiger partial charge in [0, 0.05) is 11.8 Å². The van der Waals surface area contributed by atoms with Crippen LogP contribution in [0.15, 0.2) is 28.0 Å². The molecule has 0 bridgehead atoms. The minimum absolute atomic E-state index is 0.0272. The molecule has 1 aromatic carbocycles. The second-order valence-electron chi connectivity index (χ2n) is 5.03. The first-order chi connectivity index (χ1) is 12.3. The molecular weight excluding hydrogens is 368 g/mol. The molecule has 0 saturated carbocycles. The Labute approximate surface area is 151 Å². The zero-order valence-electron chi connectivity index (χ0n) is 13.9. The highest BCUT2D eigenvalue weighted by Crippen LogP contribution is 2.22. The van der Waals surface area contributed by atoms with Gasteiger partial charge in [0.25, 0.3) is 0 Å². The molecule has 26 heavy (non-hydrogen) atoms. The average Bonchev–Trinajstić information content (AvgIpc) is 2.55. The van der Waals surface area contributed by atoms with Crippen molar-refractivity contribution < 1.29 is 23.1 Å². The molecule has 2 aromatic rings. The van der Waals surface area contributed by atoms with E-state index in [0.717, 1.165) is 23.9 Å². The van der Waals surface area contributed by atoms with Crippen LogP contribution in [0.3, 0.4) is 0 Å². The maximum atomic E-state index is 13.6. The number of nitrogens with one attached hydrogen (secondary N) is 2. The van der Waals surface area contributed by atoms with Gasteiger partial charge in [0.1, 0.15) is 22.2 Å². The average molecular weight is 383 g/mol. The number of nitrogens with zero attached hydrogens (tertiary/aromatic N) is 1. The topological polar surface area (TPSA) is 101 Å². The Morgan fingerprint density at radius 3 is 2.73 bits per heavy atom. The molecule has 1 heterocycles. The van der Waals surface area contributed by atoms with Gasteiger partial charge >= 0.3 is 11.7 Å². The second-order valence-corrected chi connectivity index (χ2v) is 5.99. The number of benzene rings is 1. The first-order valence-corrected chi connectivity index (χ1v) is 8.46. The number of anilines is 1. The van der Waals surface area contributed by atoms with Crippen molar-refractivity contribution in [3.05, 3.63) is 51.6 Å². The third kappa shape index (κ3) is 4.88. The summed E-state index contributed by atoms with van der Waals surface area (Å²) in [5, 5.41) is 2.31. The smallest absolute Gasteiger partial charge is 0.346 e. The number of aromatic amines is 1. The molecule has 10 heteroatoms. The quantitative estimate of drug-likeness (QED) is 0.451. The van der Waals surface area contributed by atoms with Gasteiger partial charge < -0.3 is 15.0 Å². The van der Waals surface area contributed by atoms with E-state index in [2.05, 4.69) is 15.3 Å². The van der Waals surface area contributed by atoms with Gasteiger partial charge in [-0.15, -0.1) is 0 Å². The lowest BCUT2D eigenvalue weighted by Gasteiger charge is -2.10. The van der Waals surface area contributed by atoms with Crippen molar-refractivity contribution in [2.45, 2.75) is 18.9 Å². The van der Waals surface area contributed by atoms with E-state index in [9.17, 15) is 23.2 Å². The molecule has 0 saturated heterocycles. The van der Waals surface area contributed by atoms with Gasteiger partial charge in [-0.3, -0.25) is 4.79 Å². The van der Waals surface area contributed by atoms with Crippen molar-refractivity contribution in [1.82, 2.24) is 9.97 Å². The molecule has 1 amide bonds. The van der Waals surface area contributed by atoms with Gasteiger partial charge in [-0.2, -0.15) is 4.98 Å². The lowest BCUT2D eigenvalue weighted by atomic mass is 10.2. The van der Waals surface area contributed by atoms with Crippen LogP contribution in [0.5, 0.6) is 0 Å². The van der Waals surface area contributed by atoms with Crippen LogP contribution >= 0.6 is 11.8 Å². The highest BCUT2D eigenvalue weighted by molar-refractivity contribution is 8.00. The van der Waals surface area contributed by atoms with Crippen LogP contribution in [0, 0.1) is 18.6 Å². The van der Waals surface area contributed by atoms with Crippen molar-refractivity contribution in [2.75, 3.05) is 17.7 Å². The molecule has 0 aliphatic carbocycles. The first kappa shape index (κ1) is 19.6. The Morgan fingerprint density at radius 2 is 2.08 bits per heavy atom. The van der Waals surface area contributed by atoms with Crippen LogP contribution < -0.4 is 11.0 Å². The molecule has 1 aromatic heterocycles. The Morgan fingerprint density at radius 1 is 1.35 bits per heavy atom. The summed E-state index contributed by atoms with van der Waals surface area (Å²) in [4.78, 5) is 41.6. The Hall–Kier alpha value is -2.75. The summed E-state index contributed by atoms with van der Waals surface area (Å²) in [5.74, 6) is -3.23. The zero-order valence-corrected chi connectivity index (χ0v) is 14.7. The van der Waals surface area contributed by atoms with Crippen LogP contribution in [-0.2, 0) is 9.53 Å². The van der Waals surface area contributed by atoms with E-state index in [0.29, 0.717) is 6.07 Å². The minimum atomic E-state index is -0.916. The van der Waals surface area contributed by atoms with E-state index in [4.69, 9.17) is 4.74 Å². The number of amides is 1. The Kier molecular flexibility index (Phi) is 6.45. The number of ether oxygens (including phenoxy) is 1. The molecule has 138 valence electrons. The van der Waals surface area contributed by atoms with Crippen LogP contribution in [0.4, 0.5) is 14.5 Å². The first-order valence-electron chi connectivity index (χ1n) is 7.47. The molecule has 0 radical (unpaired) electrons. The lowest BCUT2D eigenvalue weighted by molar-refractivity contribution is -0.113. The minimum Gasteiger partial charge on any atom is -0.462 e. The van der Waals surface area contributed by atoms with Gasteiger partial charge in [-0.1, -0.05) is 11.8 Å². The summed E-state index contributed by atoms with van der Waals surface area (Å²) in [6.45, 7) is 3.27. The highest BCUT2D eigenvalue weighted by Gasteiger charge is 2.20. The fourth-order valence-electron chi connectivity index (χ4n) is 2.02. The fourth-order valence-corrected chi connectivity index (χ4v) is 2.89. The second kappa shape index (κ2) is 8.56. The van der Waals surface area contributed by atoms with Gasteiger partial charge in [0.05, 0.1) is 18.0 Å². The predicted octanol–water partition coefficient (Wildman–Crippen LogP) is 2.26. The van der Waals surface area contributed by atoms with Crippen molar-refractivity contribution >= 4 is 29.3 Å². The molecule has 0 atom stereocenters. The van der Waals surface area contributed by atoms with Gasteiger partial charge in [0.15, 0.2) is 0 Å². The molecule has 0 aliphatic rings. The lowest BCUT2D eigenvalue weighted by Crippen LogP contribution is -2.21. The molecule has 0 aliphatic heterocycles. The Bertz CT molecular complexity index is 902. The molecular formula is C16H15F2N3O4S. The summed E-state index contributed by atoms with van der Waals surface area (Å²) in [7, 11) is 0. The predicted molar refractivity (Wildman–Crippen MR) is 91.3 cm³/mol. The summed E-state index contributed by atoms with van der Waals surface area (Å²) >= 11 is 0.825. The molecule has 0 spiro atoms. The molecule has 0 unspecified atom stereocenters. The number of H-pyrrole nitrogens is 1. The van der Waals surface area contributed by atoms with Crippen LogP contribution in [0.2, 0.25) is 0 Å². The molecule has 2 rings (SSSR count). The van der Waals surface area contributed by atoms with Crippen LogP contribution in [-0.4, -0.2) is 34.2 Å². The monoisotopic (exact) mass is 383 g/mol.